The van der Waals surface area contributed by atoms with Crippen molar-refractivity contribution < 1.29 is 0 Å². The van der Waals surface area contributed by atoms with Crippen LogP contribution >= 0.6 is 0 Å². The van der Waals surface area contributed by atoms with Crippen molar-refractivity contribution in [1.82, 2.24) is 5.32 Å². The standard InChI is InChI=1S/C15H19N/c1-2-8-14(9-3-1)16-15-10-12-6-4-5-7-13(12)11-15/h2,4-8,14-16H,1,3,9-11H2. The molecule has 16 heavy (non-hydrogen) atoms. The molecule has 0 spiro atoms. The molecule has 0 radical (unpaired) electrons. The van der Waals surface area contributed by atoms with Gasteiger partial charge in [0.2, 0.25) is 0 Å². The second-order valence-corrected chi connectivity index (χ2v) is 5.01. The molecule has 2 aliphatic carbocycles. The average molecular weight is 213 g/mol. The second kappa shape index (κ2) is 4.42. The van der Waals surface area contributed by atoms with Crippen LogP contribution in [0.1, 0.15) is 30.4 Å². The van der Waals surface area contributed by atoms with E-state index in [4.69, 9.17) is 0 Å². The summed E-state index contributed by atoms with van der Waals surface area (Å²) in [5, 5.41) is 3.78. The molecule has 0 saturated carbocycles. The third-order valence-electron chi connectivity index (χ3n) is 3.76. The molecule has 1 heteroatoms. The number of benzene rings is 1. The smallest absolute Gasteiger partial charge is 0.0252 e. The molecule has 1 N–H and O–H groups in total. The van der Waals surface area contributed by atoms with Gasteiger partial charge in [0.1, 0.15) is 0 Å². The van der Waals surface area contributed by atoms with Crippen molar-refractivity contribution >= 4 is 0 Å². The maximum absolute atomic E-state index is 3.78. The molecule has 1 atom stereocenters. The van der Waals surface area contributed by atoms with Gasteiger partial charge in [0, 0.05) is 12.1 Å². The Morgan fingerprint density at radius 3 is 2.44 bits per heavy atom. The third-order valence-corrected chi connectivity index (χ3v) is 3.76. The minimum Gasteiger partial charge on any atom is -0.307 e. The van der Waals surface area contributed by atoms with Crippen LogP contribution in [0.3, 0.4) is 0 Å². The van der Waals surface area contributed by atoms with E-state index < -0.39 is 0 Å². The fourth-order valence-electron chi connectivity index (χ4n) is 2.93. The van der Waals surface area contributed by atoms with Gasteiger partial charge in [-0.15, -0.1) is 0 Å². The summed E-state index contributed by atoms with van der Waals surface area (Å²) in [5.41, 5.74) is 3.08. The average Bonchev–Trinajstić information content (AvgIpc) is 2.72. The van der Waals surface area contributed by atoms with Crippen LogP contribution in [-0.4, -0.2) is 12.1 Å². The van der Waals surface area contributed by atoms with Crippen LogP contribution in [0, 0.1) is 0 Å². The SMILES string of the molecule is C1=CC(NC2Cc3ccccc3C2)CCC1. The molecule has 0 amide bonds. The van der Waals surface area contributed by atoms with Crippen molar-refractivity contribution in [3.8, 4) is 0 Å². The van der Waals surface area contributed by atoms with Gasteiger partial charge in [0.25, 0.3) is 0 Å². The molecule has 84 valence electrons. The van der Waals surface area contributed by atoms with Crippen LogP contribution < -0.4 is 5.32 Å². The summed E-state index contributed by atoms with van der Waals surface area (Å²) in [5.74, 6) is 0. The Morgan fingerprint density at radius 1 is 1.06 bits per heavy atom. The first-order chi connectivity index (χ1) is 7.92. The van der Waals surface area contributed by atoms with E-state index >= 15 is 0 Å². The Hall–Kier alpha value is -1.08. The van der Waals surface area contributed by atoms with Gasteiger partial charge in [-0.3, -0.25) is 0 Å². The second-order valence-electron chi connectivity index (χ2n) is 5.01. The molecular formula is C15H19N. The maximum atomic E-state index is 3.78. The predicted molar refractivity (Wildman–Crippen MR) is 67.6 cm³/mol. The highest BCUT2D eigenvalue weighted by Gasteiger charge is 2.22. The summed E-state index contributed by atoms with van der Waals surface area (Å²) < 4.78 is 0. The van der Waals surface area contributed by atoms with E-state index in [0.717, 1.165) is 0 Å². The lowest BCUT2D eigenvalue weighted by atomic mass is 10.0. The van der Waals surface area contributed by atoms with Crippen LogP contribution in [0.2, 0.25) is 0 Å². The summed E-state index contributed by atoms with van der Waals surface area (Å²) >= 11 is 0. The summed E-state index contributed by atoms with van der Waals surface area (Å²) in [7, 11) is 0. The summed E-state index contributed by atoms with van der Waals surface area (Å²) in [6.07, 6.45) is 11.0. The first-order valence-corrected chi connectivity index (χ1v) is 6.41. The van der Waals surface area contributed by atoms with Crippen molar-refractivity contribution in [2.24, 2.45) is 0 Å². The number of hydrogen-bond donors (Lipinski definition) is 1. The van der Waals surface area contributed by atoms with Crippen LogP contribution in [-0.2, 0) is 12.8 Å². The van der Waals surface area contributed by atoms with Crippen molar-refractivity contribution in [3.05, 3.63) is 47.5 Å². The van der Waals surface area contributed by atoms with E-state index in [0.29, 0.717) is 12.1 Å². The van der Waals surface area contributed by atoms with Gasteiger partial charge in [-0.1, -0.05) is 36.4 Å². The van der Waals surface area contributed by atoms with Gasteiger partial charge in [-0.2, -0.15) is 0 Å². The topological polar surface area (TPSA) is 12.0 Å². The lowest BCUT2D eigenvalue weighted by molar-refractivity contribution is 0.447. The van der Waals surface area contributed by atoms with E-state index in [1.807, 2.05) is 0 Å². The Bertz CT molecular complexity index is 369. The number of rotatable bonds is 2. The maximum Gasteiger partial charge on any atom is 0.0252 e. The van der Waals surface area contributed by atoms with Gasteiger partial charge >= 0.3 is 0 Å². The van der Waals surface area contributed by atoms with Crippen molar-refractivity contribution in [3.63, 3.8) is 0 Å². The van der Waals surface area contributed by atoms with E-state index in [1.54, 1.807) is 11.1 Å². The van der Waals surface area contributed by atoms with Gasteiger partial charge in [-0.25, -0.2) is 0 Å². The van der Waals surface area contributed by atoms with Gasteiger partial charge < -0.3 is 5.32 Å². The van der Waals surface area contributed by atoms with Gasteiger partial charge in [0.15, 0.2) is 0 Å². The fraction of sp³-hybridized carbons (Fsp3) is 0.467. The Kier molecular flexibility index (Phi) is 2.79. The molecular weight excluding hydrogens is 194 g/mol. The molecule has 1 unspecified atom stereocenters. The zero-order valence-electron chi connectivity index (χ0n) is 9.65. The number of hydrogen-bond acceptors (Lipinski definition) is 1. The number of fused-ring (bicyclic) bond motifs is 1. The minimum atomic E-state index is 0.619. The number of allylic oxidation sites excluding steroid dienone is 1. The molecule has 0 bridgehead atoms. The highest BCUT2D eigenvalue weighted by atomic mass is 14.9. The quantitative estimate of drug-likeness (QED) is 0.745. The predicted octanol–water partition coefficient (Wildman–Crippen LogP) is 2.85. The monoisotopic (exact) mass is 213 g/mol. The van der Waals surface area contributed by atoms with Crippen molar-refractivity contribution in [1.29, 1.82) is 0 Å². The zero-order valence-corrected chi connectivity index (χ0v) is 9.65. The van der Waals surface area contributed by atoms with Crippen LogP contribution in [0.4, 0.5) is 0 Å². The summed E-state index contributed by atoms with van der Waals surface area (Å²) in [4.78, 5) is 0. The Morgan fingerprint density at radius 2 is 1.81 bits per heavy atom. The van der Waals surface area contributed by atoms with E-state index in [1.165, 1.54) is 32.1 Å². The normalized spacial score (nSPS) is 24.6. The molecule has 0 aromatic heterocycles. The first-order valence-electron chi connectivity index (χ1n) is 6.41. The highest BCUT2D eigenvalue weighted by molar-refractivity contribution is 5.33. The minimum absolute atomic E-state index is 0.619. The first kappa shape index (κ1) is 10.1. The summed E-state index contributed by atoms with van der Waals surface area (Å²) in [6, 6.07) is 10.1. The largest absolute Gasteiger partial charge is 0.307 e. The molecule has 2 aliphatic rings. The van der Waals surface area contributed by atoms with Gasteiger partial charge in [0.05, 0.1) is 0 Å². The lowest BCUT2D eigenvalue weighted by Gasteiger charge is -2.22. The van der Waals surface area contributed by atoms with E-state index in [-0.39, 0.29) is 0 Å². The van der Waals surface area contributed by atoms with Crippen LogP contribution in [0.15, 0.2) is 36.4 Å². The van der Waals surface area contributed by atoms with Crippen LogP contribution in [0.5, 0.6) is 0 Å². The van der Waals surface area contributed by atoms with E-state index in [9.17, 15) is 0 Å². The molecule has 3 rings (SSSR count). The fourth-order valence-corrected chi connectivity index (χ4v) is 2.93. The highest BCUT2D eigenvalue weighted by Crippen LogP contribution is 2.23. The molecule has 0 heterocycles. The molecule has 0 aliphatic heterocycles. The molecule has 1 nitrogen and oxygen atoms in total. The summed E-state index contributed by atoms with van der Waals surface area (Å²) in [6.45, 7) is 0. The van der Waals surface area contributed by atoms with Crippen molar-refractivity contribution in [2.75, 3.05) is 0 Å². The van der Waals surface area contributed by atoms with E-state index in [2.05, 4.69) is 41.7 Å². The Labute approximate surface area is 97.6 Å². The molecule has 1 aromatic rings. The zero-order chi connectivity index (χ0) is 10.8. The lowest BCUT2D eigenvalue weighted by Crippen LogP contribution is -2.38. The van der Waals surface area contributed by atoms with Crippen molar-refractivity contribution in [2.45, 2.75) is 44.2 Å². The Balaban J connectivity index is 1.63. The molecule has 1 aromatic carbocycles. The third kappa shape index (κ3) is 2.05. The molecule has 0 saturated heterocycles. The molecule has 0 fully saturated rings. The number of nitrogens with one attached hydrogen (secondary N) is 1. The van der Waals surface area contributed by atoms with Gasteiger partial charge in [-0.05, 0) is 43.2 Å². The van der Waals surface area contributed by atoms with Crippen LogP contribution in [0.25, 0.3) is 0 Å².